The standard InChI is InChI=1S/C20H24N2O2/c1-20(2)13-17-12-15(8-9-18(17)24-20)14-21-10-11-22-19(23)16-6-4-3-5-7-16/h3-9,12,21H,10-11,13-14H2,1-2H3,(H,22,23). The fraction of sp³-hybridized carbons (Fsp3) is 0.350. The first kappa shape index (κ1) is 16.5. The van der Waals surface area contributed by atoms with E-state index in [0.717, 1.165) is 25.3 Å². The number of hydrogen-bond acceptors (Lipinski definition) is 3. The first-order valence-electron chi connectivity index (χ1n) is 8.38. The maximum absolute atomic E-state index is 11.9. The molecule has 0 spiro atoms. The lowest BCUT2D eigenvalue weighted by Crippen LogP contribution is -2.31. The Morgan fingerprint density at radius 2 is 1.92 bits per heavy atom. The van der Waals surface area contributed by atoms with E-state index in [4.69, 9.17) is 4.74 Å². The molecular weight excluding hydrogens is 300 g/mol. The molecule has 3 rings (SSSR count). The normalized spacial score (nSPS) is 14.8. The molecule has 2 aromatic rings. The van der Waals surface area contributed by atoms with Gasteiger partial charge in [-0.15, -0.1) is 0 Å². The summed E-state index contributed by atoms with van der Waals surface area (Å²) in [6, 6.07) is 15.6. The lowest BCUT2D eigenvalue weighted by molar-refractivity contribution is 0.0954. The van der Waals surface area contributed by atoms with Gasteiger partial charge in [0.1, 0.15) is 11.4 Å². The first-order valence-corrected chi connectivity index (χ1v) is 8.38. The summed E-state index contributed by atoms with van der Waals surface area (Å²) in [5.74, 6) is 0.966. The third kappa shape index (κ3) is 4.15. The van der Waals surface area contributed by atoms with Gasteiger partial charge in [-0.3, -0.25) is 4.79 Å². The molecule has 1 amide bonds. The van der Waals surface area contributed by atoms with Crippen molar-refractivity contribution in [3.05, 3.63) is 65.2 Å². The molecule has 4 heteroatoms. The van der Waals surface area contributed by atoms with Crippen LogP contribution in [0.3, 0.4) is 0 Å². The summed E-state index contributed by atoms with van der Waals surface area (Å²) in [6.07, 6.45) is 0.948. The van der Waals surface area contributed by atoms with Gasteiger partial charge in [-0.2, -0.15) is 0 Å². The van der Waals surface area contributed by atoms with Crippen molar-refractivity contribution in [2.45, 2.75) is 32.4 Å². The SMILES string of the molecule is CC1(C)Cc2cc(CNCCNC(=O)c3ccccc3)ccc2O1. The predicted octanol–water partition coefficient (Wildman–Crippen LogP) is 2.92. The second-order valence-electron chi connectivity index (χ2n) is 6.78. The van der Waals surface area contributed by atoms with Crippen LogP contribution in [-0.2, 0) is 13.0 Å². The van der Waals surface area contributed by atoms with Crippen LogP contribution in [0.15, 0.2) is 48.5 Å². The van der Waals surface area contributed by atoms with E-state index in [-0.39, 0.29) is 11.5 Å². The molecule has 1 aliphatic rings. The van der Waals surface area contributed by atoms with E-state index < -0.39 is 0 Å². The van der Waals surface area contributed by atoms with Gasteiger partial charge < -0.3 is 15.4 Å². The van der Waals surface area contributed by atoms with E-state index in [0.29, 0.717) is 12.1 Å². The van der Waals surface area contributed by atoms with Crippen molar-refractivity contribution in [2.75, 3.05) is 13.1 Å². The highest BCUT2D eigenvalue weighted by molar-refractivity contribution is 5.94. The lowest BCUT2D eigenvalue weighted by Gasteiger charge is -2.16. The van der Waals surface area contributed by atoms with Crippen molar-refractivity contribution in [1.29, 1.82) is 0 Å². The van der Waals surface area contributed by atoms with Gasteiger partial charge in [-0.1, -0.05) is 30.3 Å². The molecule has 0 saturated heterocycles. The average Bonchev–Trinajstić information content (AvgIpc) is 2.88. The van der Waals surface area contributed by atoms with Gasteiger partial charge in [0.25, 0.3) is 5.91 Å². The Kier molecular flexibility index (Phi) is 4.86. The van der Waals surface area contributed by atoms with Crippen LogP contribution in [0.4, 0.5) is 0 Å². The van der Waals surface area contributed by atoms with Gasteiger partial charge in [0.15, 0.2) is 0 Å². The third-order valence-corrected chi connectivity index (χ3v) is 4.08. The van der Waals surface area contributed by atoms with Crippen LogP contribution in [0.2, 0.25) is 0 Å². The zero-order valence-corrected chi connectivity index (χ0v) is 14.3. The lowest BCUT2D eigenvalue weighted by atomic mass is 10.0. The van der Waals surface area contributed by atoms with Crippen molar-refractivity contribution < 1.29 is 9.53 Å². The zero-order valence-electron chi connectivity index (χ0n) is 14.3. The van der Waals surface area contributed by atoms with Crippen LogP contribution in [0, 0.1) is 0 Å². The Morgan fingerprint density at radius 1 is 1.12 bits per heavy atom. The van der Waals surface area contributed by atoms with E-state index in [1.807, 2.05) is 30.3 Å². The predicted molar refractivity (Wildman–Crippen MR) is 95.3 cm³/mol. The Balaban J connectivity index is 1.41. The topological polar surface area (TPSA) is 50.4 Å². The summed E-state index contributed by atoms with van der Waals surface area (Å²) in [5.41, 5.74) is 3.11. The second kappa shape index (κ2) is 7.05. The van der Waals surface area contributed by atoms with Crippen LogP contribution < -0.4 is 15.4 Å². The fourth-order valence-electron chi connectivity index (χ4n) is 2.96. The number of hydrogen-bond donors (Lipinski definition) is 2. The number of amides is 1. The van der Waals surface area contributed by atoms with E-state index >= 15 is 0 Å². The Hall–Kier alpha value is -2.33. The summed E-state index contributed by atoms with van der Waals surface area (Å²) in [6.45, 7) is 6.35. The highest BCUT2D eigenvalue weighted by Crippen LogP contribution is 2.35. The quantitative estimate of drug-likeness (QED) is 0.803. The molecule has 0 atom stereocenters. The molecule has 2 N–H and O–H groups in total. The van der Waals surface area contributed by atoms with Crippen molar-refractivity contribution >= 4 is 5.91 Å². The molecule has 0 radical (unpaired) electrons. The summed E-state index contributed by atoms with van der Waals surface area (Å²) in [5, 5.41) is 6.28. The molecule has 2 aromatic carbocycles. The number of carbonyl (C=O) groups is 1. The molecule has 0 saturated carbocycles. The molecule has 4 nitrogen and oxygen atoms in total. The monoisotopic (exact) mass is 324 g/mol. The summed E-state index contributed by atoms with van der Waals surface area (Å²) < 4.78 is 5.89. The van der Waals surface area contributed by atoms with Crippen LogP contribution >= 0.6 is 0 Å². The van der Waals surface area contributed by atoms with E-state index in [9.17, 15) is 4.79 Å². The number of benzene rings is 2. The van der Waals surface area contributed by atoms with Gasteiger partial charge in [0.2, 0.25) is 0 Å². The number of nitrogens with one attached hydrogen (secondary N) is 2. The number of carbonyl (C=O) groups excluding carboxylic acids is 1. The van der Waals surface area contributed by atoms with E-state index in [2.05, 4.69) is 42.7 Å². The van der Waals surface area contributed by atoms with E-state index in [1.165, 1.54) is 11.1 Å². The molecule has 1 aliphatic heterocycles. The molecule has 0 aromatic heterocycles. The first-order chi connectivity index (χ1) is 11.5. The fourth-order valence-corrected chi connectivity index (χ4v) is 2.96. The largest absolute Gasteiger partial charge is 0.487 e. The second-order valence-corrected chi connectivity index (χ2v) is 6.78. The Morgan fingerprint density at radius 3 is 2.71 bits per heavy atom. The van der Waals surface area contributed by atoms with Crippen LogP contribution in [0.1, 0.15) is 35.3 Å². The van der Waals surface area contributed by atoms with Crippen LogP contribution in [0.25, 0.3) is 0 Å². The third-order valence-electron chi connectivity index (χ3n) is 4.08. The van der Waals surface area contributed by atoms with Gasteiger partial charge in [-0.25, -0.2) is 0 Å². The Bertz CT molecular complexity index is 711. The van der Waals surface area contributed by atoms with Gasteiger partial charge in [-0.05, 0) is 43.2 Å². The van der Waals surface area contributed by atoms with Gasteiger partial charge in [0.05, 0.1) is 0 Å². The number of ether oxygens (including phenoxy) is 1. The molecule has 0 fully saturated rings. The molecule has 0 bridgehead atoms. The molecule has 126 valence electrons. The number of fused-ring (bicyclic) bond motifs is 1. The molecule has 24 heavy (non-hydrogen) atoms. The molecule has 0 aliphatic carbocycles. The smallest absolute Gasteiger partial charge is 0.251 e. The maximum Gasteiger partial charge on any atom is 0.251 e. The minimum Gasteiger partial charge on any atom is -0.487 e. The minimum absolute atomic E-state index is 0.0330. The van der Waals surface area contributed by atoms with Crippen molar-refractivity contribution in [2.24, 2.45) is 0 Å². The van der Waals surface area contributed by atoms with Gasteiger partial charge in [0, 0.05) is 31.6 Å². The highest BCUT2D eigenvalue weighted by Gasteiger charge is 2.29. The Labute approximate surface area is 143 Å². The highest BCUT2D eigenvalue weighted by atomic mass is 16.5. The zero-order chi connectivity index (χ0) is 17.0. The van der Waals surface area contributed by atoms with E-state index in [1.54, 1.807) is 0 Å². The molecular formula is C20H24N2O2. The summed E-state index contributed by atoms with van der Waals surface area (Å²) >= 11 is 0. The maximum atomic E-state index is 11.9. The minimum atomic E-state index is -0.101. The summed E-state index contributed by atoms with van der Waals surface area (Å²) in [7, 11) is 0. The van der Waals surface area contributed by atoms with Crippen molar-refractivity contribution in [1.82, 2.24) is 10.6 Å². The van der Waals surface area contributed by atoms with Crippen molar-refractivity contribution in [3.8, 4) is 5.75 Å². The van der Waals surface area contributed by atoms with Crippen LogP contribution in [0.5, 0.6) is 5.75 Å². The average molecular weight is 324 g/mol. The van der Waals surface area contributed by atoms with Crippen LogP contribution in [-0.4, -0.2) is 24.6 Å². The number of rotatable bonds is 6. The van der Waals surface area contributed by atoms with Crippen molar-refractivity contribution in [3.63, 3.8) is 0 Å². The summed E-state index contributed by atoms with van der Waals surface area (Å²) in [4.78, 5) is 11.9. The van der Waals surface area contributed by atoms with Gasteiger partial charge >= 0.3 is 0 Å². The molecule has 0 unspecified atom stereocenters. The molecule has 1 heterocycles.